The Bertz CT molecular complexity index is 2600. The van der Waals surface area contributed by atoms with Crippen molar-refractivity contribution in [3.05, 3.63) is 187 Å². The molecule has 1 aliphatic carbocycles. The number of hydrogen-bond acceptors (Lipinski definition) is 3. The van der Waals surface area contributed by atoms with Crippen LogP contribution >= 0.6 is 0 Å². The van der Waals surface area contributed by atoms with E-state index >= 15 is 0 Å². The highest BCUT2D eigenvalue weighted by atomic mass is 16.5. The Hall–Kier alpha value is -6.26. The third-order valence-corrected chi connectivity index (χ3v) is 9.82. The van der Waals surface area contributed by atoms with Gasteiger partial charge < -0.3 is 9.30 Å². The summed E-state index contributed by atoms with van der Waals surface area (Å²) < 4.78 is 9.15. The van der Waals surface area contributed by atoms with E-state index in [1.807, 2.05) is 18.2 Å². The van der Waals surface area contributed by atoms with Crippen LogP contribution in [0.2, 0.25) is 0 Å². The molecule has 48 heavy (non-hydrogen) atoms. The van der Waals surface area contributed by atoms with Gasteiger partial charge in [-0.2, -0.15) is 0 Å². The minimum atomic E-state index is -0.0982. The van der Waals surface area contributed by atoms with Crippen LogP contribution in [0.3, 0.4) is 0 Å². The monoisotopic (exact) mass is 615 g/mol. The predicted octanol–water partition coefficient (Wildman–Crippen LogP) is 10.6. The van der Waals surface area contributed by atoms with Gasteiger partial charge in [0.2, 0.25) is 0 Å². The average molecular weight is 616 g/mol. The molecule has 226 valence electrons. The molecule has 2 aliphatic rings. The van der Waals surface area contributed by atoms with Gasteiger partial charge in [0.25, 0.3) is 0 Å². The van der Waals surface area contributed by atoms with Crippen molar-refractivity contribution in [2.24, 2.45) is 0 Å². The third-order valence-electron chi connectivity index (χ3n) is 9.82. The molecule has 8 aromatic rings. The van der Waals surface area contributed by atoms with E-state index in [9.17, 15) is 0 Å². The van der Waals surface area contributed by atoms with Crippen LogP contribution in [0.4, 0.5) is 0 Å². The predicted molar refractivity (Wildman–Crippen MR) is 194 cm³/mol. The first kappa shape index (κ1) is 26.9. The zero-order chi connectivity index (χ0) is 31.6. The van der Waals surface area contributed by atoms with Crippen molar-refractivity contribution in [2.45, 2.75) is 11.8 Å². The summed E-state index contributed by atoms with van der Waals surface area (Å²) in [6.07, 6.45) is 4.50. The molecule has 4 nitrogen and oxygen atoms in total. The van der Waals surface area contributed by atoms with Gasteiger partial charge in [-0.15, -0.1) is 0 Å². The van der Waals surface area contributed by atoms with Gasteiger partial charge in [0.05, 0.1) is 34.1 Å². The van der Waals surface area contributed by atoms with E-state index in [-0.39, 0.29) is 11.8 Å². The SMILES string of the molecule is C1=CC(c2nc(-c3ccccc3)c3ccccc3n2)C2C(=C1c1ccc3c4ccccc4n(-c4ccccc4)c3c1)Oc1ccccc12. The van der Waals surface area contributed by atoms with E-state index in [0.29, 0.717) is 0 Å². The lowest BCUT2D eigenvalue weighted by molar-refractivity contribution is 0.418. The Balaban J connectivity index is 1.17. The summed E-state index contributed by atoms with van der Waals surface area (Å²) in [4.78, 5) is 10.5. The Morgan fingerprint density at radius 3 is 2.15 bits per heavy atom. The molecule has 2 aromatic heterocycles. The summed E-state index contributed by atoms with van der Waals surface area (Å²) in [6, 6.07) is 53.2. The number of hydrogen-bond donors (Lipinski definition) is 0. The lowest BCUT2D eigenvalue weighted by Crippen LogP contribution is -2.17. The zero-order valence-electron chi connectivity index (χ0n) is 26.0. The fourth-order valence-corrected chi connectivity index (χ4v) is 7.65. The van der Waals surface area contributed by atoms with Gasteiger partial charge in [0.15, 0.2) is 0 Å². The molecule has 2 unspecified atom stereocenters. The number of fused-ring (bicyclic) bond motifs is 7. The minimum Gasteiger partial charge on any atom is -0.460 e. The van der Waals surface area contributed by atoms with Crippen molar-refractivity contribution in [3.63, 3.8) is 0 Å². The molecule has 3 heterocycles. The Labute approximate surface area is 277 Å². The van der Waals surface area contributed by atoms with Crippen molar-refractivity contribution in [3.8, 4) is 22.7 Å². The molecular weight excluding hydrogens is 587 g/mol. The summed E-state index contributed by atoms with van der Waals surface area (Å²) in [6.45, 7) is 0. The van der Waals surface area contributed by atoms with Crippen LogP contribution < -0.4 is 4.74 Å². The summed E-state index contributed by atoms with van der Waals surface area (Å²) in [7, 11) is 0. The van der Waals surface area contributed by atoms with E-state index < -0.39 is 0 Å². The number of para-hydroxylation sites is 4. The highest BCUT2D eigenvalue weighted by Gasteiger charge is 2.41. The van der Waals surface area contributed by atoms with Crippen molar-refractivity contribution in [1.82, 2.24) is 14.5 Å². The number of allylic oxidation sites excluding steroid dienone is 4. The second-order valence-electron chi connectivity index (χ2n) is 12.5. The van der Waals surface area contributed by atoms with Crippen LogP contribution in [-0.4, -0.2) is 14.5 Å². The van der Waals surface area contributed by atoms with Crippen LogP contribution in [0, 0.1) is 0 Å². The Kier molecular flexibility index (Phi) is 5.97. The largest absolute Gasteiger partial charge is 0.460 e. The minimum absolute atomic E-state index is 0.0540. The van der Waals surface area contributed by atoms with E-state index in [1.54, 1.807) is 0 Å². The van der Waals surface area contributed by atoms with Crippen LogP contribution in [0.5, 0.6) is 5.75 Å². The van der Waals surface area contributed by atoms with E-state index in [2.05, 4.69) is 150 Å². The topological polar surface area (TPSA) is 39.9 Å². The molecule has 0 bridgehead atoms. The second-order valence-corrected chi connectivity index (χ2v) is 12.5. The average Bonchev–Trinajstić information content (AvgIpc) is 3.71. The second kappa shape index (κ2) is 10.6. The van der Waals surface area contributed by atoms with E-state index in [4.69, 9.17) is 14.7 Å². The van der Waals surface area contributed by atoms with Gasteiger partial charge in [0, 0.05) is 38.5 Å². The zero-order valence-corrected chi connectivity index (χ0v) is 26.0. The summed E-state index contributed by atoms with van der Waals surface area (Å²) in [5, 5.41) is 3.52. The fraction of sp³-hybridized carbons (Fsp3) is 0.0455. The Morgan fingerprint density at radius 2 is 1.27 bits per heavy atom. The number of rotatable bonds is 4. The normalized spacial score (nSPS) is 16.8. The highest BCUT2D eigenvalue weighted by Crippen LogP contribution is 2.53. The molecule has 0 N–H and O–H groups in total. The van der Waals surface area contributed by atoms with Gasteiger partial charge in [-0.25, -0.2) is 9.97 Å². The molecule has 0 amide bonds. The number of benzene rings is 6. The van der Waals surface area contributed by atoms with Crippen molar-refractivity contribution in [2.75, 3.05) is 0 Å². The first-order valence-electron chi connectivity index (χ1n) is 16.4. The summed E-state index contributed by atoms with van der Waals surface area (Å²) in [5.74, 6) is 2.49. The van der Waals surface area contributed by atoms with Gasteiger partial charge in [-0.3, -0.25) is 0 Å². The first-order valence-corrected chi connectivity index (χ1v) is 16.4. The maximum absolute atomic E-state index is 6.78. The molecule has 1 aliphatic heterocycles. The number of nitrogens with zero attached hydrogens (tertiary/aromatic N) is 3. The molecule has 0 saturated carbocycles. The summed E-state index contributed by atoms with van der Waals surface area (Å²) >= 11 is 0. The summed E-state index contributed by atoms with van der Waals surface area (Å²) in [5.41, 5.74) is 9.85. The maximum atomic E-state index is 6.78. The number of aromatic nitrogens is 3. The third kappa shape index (κ3) is 4.09. The lowest BCUT2D eigenvalue weighted by Gasteiger charge is -2.26. The molecule has 4 heteroatoms. The molecule has 0 fully saturated rings. The molecule has 2 atom stereocenters. The standard InChI is InChI=1S/C44H29N3O/c1-3-13-28(14-4-1)42-34-18-7-10-20-37(34)45-44(46-42)36-26-25-31(43-41(36)35-19-9-12-22-40(35)48-43)29-23-24-33-32-17-8-11-21-38(32)47(39(33)27-29)30-15-5-2-6-16-30/h1-27,36,41H. The molecule has 0 spiro atoms. The van der Waals surface area contributed by atoms with E-state index in [0.717, 1.165) is 61.9 Å². The Morgan fingerprint density at radius 1 is 0.562 bits per heavy atom. The smallest absolute Gasteiger partial charge is 0.137 e. The van der Waals surface area contributed by atoms with Crippen molar-refractivity contribution in [1.29, 1.82) is 0 Å². The van der Waals surface area contributed by atoms with Crippen LogP contribution in [-0.2, 0) is 0 Å². The van der Waals surface area contributed by atoms with E-state index in [1.165, 1.54) is 21.8 Å². The molecule has 10 rings (SSSR count). The quantitative estimate of drug-likeness (QED) is 0.198. The van der Waals surface area contributed by atoms with Gasteiger partial charge in [0.1, 0.15) is 17.3 Å². The van der Waals surface area contributed by atoms with Gasteiger partial charge >= 0.3 is 0 Å². The van der Waals surface area contributed by atoms with Crippen LogP contribution in [0.1, 0.15) is 28.8 Å². The lowest BCUT2D eigenvalue weighted by atomic mass is 9.78. The molecule has 0 saturated heterocycles. The molecule has 6 aromatic carbocycles. The number of ether oxygens (including phenoxy) is 1. The molecule has 0 radical (unpaired) electrons. The van der Waals surface area contributed by atoms with Gasteiger partial charge in [-0.1, -0.05) is 127 Å². The first-order chi connectivity index (χ1) is 23.8. The highest BCUT2D eigenvalue weighted by molar-refractivity contribution is 6.10. The van der Waals surface area contributed by atoms with Crippen LogP contribution in [0.15, 0.2) is 170 Å². The van der Waals surface area contributed by atoms with Crippen LogP contribution in [0.25, 0.3) is 55.2 Å². The van der Waals surface area contributed by atoms with Crippen molar-refractivity contribution < 1.29 is 4.74 Å². The molecular formula is C44H29N3O. The maximum Gasteiger partial charge on any atom is 0.137 e. The van der Waals surface area contributed by atoms with Crippen molar-refractivity contribution >= 4 is 38.3 Å². The van der Waals surface area contributed by atoms with Gasteiger partial charge in [-0.05, 0) is 42.0 Å². The fourth-order valence-electron chi connectivity index (χ4n) is 7.65.